The SMILES string of the molecule is C=CCS(=O)(=O)NCCO. The molecule has 0 aromatic rings. The number of rotatable bonds is 5. The molecule has 0 aromatic heterocycles. The van der Waals surface area contributed by atoms with E-state index in [2.05, 4.69) is 11.3 Å². The van der Waals surface area contributed by atoms with E-state index in [1.54, 1.807) is 0 Å². The van der Waals surface area contributed by atoms with Crippen LogP contribution in [0, 0.1) is 0 Å². The smallest absolute Gasteiger partial charge is 0.215 e. The molecule has 0 fully saturated rings. The summed E-state index contributed by atoms with van der Waals surface area (Å²) in [5.74, 6) is -0.104. The summed E-state index contributed by atoms with van der Waals surface area (Å²) in [6.07, 6.45) is 1.29. The molecule has 4 nitrogen and oxygen atoms in total. The van der Waals surface area contributed by atoms with Gasteiger partial charge < -0.3 is 5.11 Å². The summed E-state index contributed by atoms with van der Waals surface area (Å²) < 4.78 is 23.6. The highest BCUT2D eigenvalue weighted by atomic mass is 32.2. The van der Waals surface area contributed by atoms with Crippen LogP contribution in [0.2, 0.25) is 0 Å². The molecule has 0 spiro atoms. The first-order valence-corrected chi connectivity index (χ1v) is 4.46. The van der Waals surface area contributed by atoms with Crippen LogP contribution in [0.15, 0.2) is 12.7 Å². The molecular weight excluding hydrogens is 154 g/mol. The minimum Gasteiger partial charge on any atom is -0.395 e. The van der Waals surface area contributed by atoms with E-state index < -0.39 is 10.0 Å². The predicted octanol–water partition coefficient (Wildman–Crippen LogP) is -0.916. The summed E-state index contributed by atoms with van der Waals surface area (Å²) in [6, 6.07) is 0. The van der Waals surface area contributed by atoms with Gasteiger partial charge in [-0.15, -0.1) is 6.58 Å². The quantitative estimate of drug-likeness (QED) is 0.518. The van der Waals surface area contributed by atoms with E-state index in [0.717, 1.165) is 0 Å². The van der Waals surface area contributed by atoms with Crippen molar-refractivity contribution in [3.05, 3.63) is 12.7 Å². The van der Waals surface area contributed by atoms with Gasteiger partial charge in [-0.05, 0) is 0 Å². The average Bonchev–Trinajstić information content (AvgIpc) is 1.84. The fourth-order valence-corrected chi connectivity index (χ4v) is 1.25. The van der Waals surface area contributed by atoms with Gasteiger partial charge in [0.25, 0.3) is 0 Å². The van der Waals surface area contributed by atoms with Crippen molar-refractivity contribution in [1.82, 2.24) is 4.72 Å². The molecule has 0 radical (unpaired) electrons. The zero-order valence-electron chi connectivity index (χ0n) is 5.58. The zero-order chi connectivity index (χ0) is 8.04. The van der Waals surface area contributed by atoms with Crippen LogP contribution in [-0.4, -0.2) is 32.4 Å². The third-order valence-corrected chi connectivity index (χ3v) is 2.09. The van der Waals surface area contributed by atoms with E-state index >= 15 is 0 Å². The summed E-state index contributed by atoms with van der Waals surface area (Å²) in [6.45, 7) is 3.15. The third kappa shape index (κ3) is 4.49. The number of hydrogen-bond acceptors (Lipinski definition) is 3. The van der Waals surface area contributed by atoms with Crippen molar-refractivity contribution in [3.8, 4) is 0 Å². The Morgan fingerprint density at radius 2 is 2.20 bits per heavy atom. The first kappa shape index (κ1) is 9.61. The van der Waals surface area contributed by atoms with E-state index in [9.17, 15) is 8.42 Å². The second-order valence-electron chi connectivity index (χ2n) is 1.69. The Morgan fingerprint density at radius 3 is 2.60 bits per heavy atom. The van der Waals surface area contributed by atoms with Gasteiger partial charge in [0.2, 0.25) is 10.0 Å². The molecule has 0 atom stereocenters. The van der Waals surface area contributed by atoms with E-state index in [-0.39, 0.29) is 18.9 Å². The lowest BCUT2D eigenvalue weighted by Gasteiger charge is -1.99. The van der Waals surface area contributed by atoms with Crippen LogP contribution in [0.3, 0.4) is 0 Å². The maximum absolute atomic E-state index is 10.7. The number of nitrogens with one attached hydrogen (secondary N) is 1. The van der Waals surface area contributed by atoms with Crippen molar-refractivity contribution >= 4 is 10.0 Å². The van der Waals surface area contributed by atoms with Crippen LogP contribution in [0.5, 0.6) is 0 Å². The molecule has 5 heteroatoms. The van der Waals surface area contributed by atoms with Crippen molar-refractivity contribution in [2.75, 3.05) is 18.9 Å². The molecule has 0 bridgehead atoms. The van der Waals surface area contributed by atoms with Crippen LogP contribution >= 0.6 is 0 Å². The van der Waals surface area contributed by atoms with Gasteiger partial charge in [0.1, 0.15) is 0 Å². The number of aliphatic hydroxyl groups excluding tert-OH is 1. The van der Waals surface area contributed by atoms with Gasteiger partial charge in [0.15, 0.2) is 0 Å². The Balaban J connectivity index is 3.76. The molecule has 0 unspecified atom stereocenters. The second kappa shape index (κ2) is 4.43. The van der Waals surface area contributed by atoms with Crippen LogP contribution in [0.25, 0.3) is 0 Å². The van der Waals surface area contributed by atoms with Crippen molar-refractivity contribution in [2.45, 2.75) is 0 Å². The Kier molecular flexibility index (Phi) is 4.26. The minimum absolute atomic E-state index is 0.0656. The molecule has 0 heterocycles. The van der Waals surface area contributed by atoms with Gasteiger partial charge in [0.05, 0.1) is 12.4 Å². The second-order valence-corrected chi connectivity index (χ2v) is 3.54. The first-order valence-electron chi connectivity index (χ1n) is 2.81. The van der Waals surface area contributed by atoms with Crippen LogP contribution in [-0.2, 0) is 10.0 Å². The topological polar surface area (TPSA) is 66.4 Å². The van der Waals surface area contributed by atoms with Crippen molar-refractivity contribution in [1.29, 1.82) is 0 Å². The fourth-order valence-electron chi connectivity index (χ4n) is 0.415. The lowest BCUT2D eigenvalue weighted by Crippen LogP contribution is -2.28. The van der Waals surface area contributed by atoms with E-state index in [1.165, 1.54) is 6.08 Å². The number of aliphatic hydroxyl groups is 1. The average molecular weight is 165 g/mol. The summed E-state index contributed by atoms with van der Waals surface area (Å²) in [4.78, 5) is 0. The molecule has 0 aliphatic rings. The zero-order valence-corrected chi connectivity index (χ0v) is 6.39. The first-order chi connectivity index (χ1) is 4.62. The molecule has 0 saturated carbocycles. The summed E-state index contributed by atoms with van der Waals surface area (Å²) >= 11 is 0. The maximum atomic E-state index is 10.7. The van der Waals surface area contributed by atoms with Gasteiger partial charge in [0, 0.05) is 6.54 Å². The molecule has 0 rings (SSSR count). The summed E-state index contributed by atoms with van der Waals surface area (Å²) in [7, 11) is -3.22. The van der Waals surface area contributed by atoms with Crippen molar-refractivity contribution in [2.24, 2.45) is 0 Å². The molecule has 0 aliphatic carbocycles. The van der Waals surface area contributed by atoms with E-state index in [1.807, 2.05) is 0 Å². The van der Waals surface area contributed by atoms with Crippen LogP contribution in [0.4, 0.5) is 0 Å². The Labute approximate surface area is 60.6 Å². The molecule has 60 valence electrons. The lowest BCUT2D eigenvalue weighted by atomic mass is 10.8. The minimum atomic E-state index is -3.22. The molecule has 0 aromatic carbocycles. The molecule has 0 aliphatic heterocycles. The standard InChI is InChI=1S/C5H11NO3S/c1-2-5-10(8,9)6-3-4-7/h2,6-7H,1,3-5H2. The van der Waals surface area contributed by atoms with Crippen molar-refractivity contribution < 1.29 is 13.5 Å². The molecule has 10 heavy (non-hydrogen) atoms. The Bertz CT molecular complexity index is 185. The largest absolute Gasteiger partial charge is 0.395 e. The third-order valence-electron chi connectivity index (χ3n) is 0.771. The molecular formula is C5H11NO3S. The van der Waals surface area contributed by atoms with Gasteiger partial charge in [-0.1, -0.05) is 6.08 Å². The van der Waals surface area contributed by atoms with Gasteiger partial charge >= 0.3 is 0 Å². The summed E-state index contributed by atoms with van der Waals surface area (Å²) in [5.41, 5.74) is 0. The molecule has 2 N–H and O–H groups in total. The Morgan fingerprint density at radius 1 is 1.60 bits per heavy atom. The van der Waals surface area contributed by atoms with E-state index in [4.69, 9.17) is 5.11 Å². The predicted molar refractivity (Wildman–Crippen MR) is 39.1 cm³/mol. The van der Waals surface area contributed by atoms with Crippen LogP contribution < -0.4 is 4.72 Å². The summed E-state index contributed by atoms with van der Waals surface area (Å²) in [5, 5.41) is 8.25. The van der Waals surface area contributed by atoms with Crippen molar-refractivity contribution in [3.63, 3.8) is 0 Å². The van der Waals surface area contributed by atoms with E-state index in [0.29, 0.717) is 0 Å². The number of sulfonamides is 1. The molecule has 0 amide bonds. The highest BCUT2D eigenvalue weighted by molar-refractivity contribution is 7.89. The van der Waals surface area contributed by atoms with Gasteiger partial charge in [-0.2, -0.15) is 0 Å². The highest BCUT2D eigenvalue weighted by Gasteiger charge is 2.04. The lowest BCUT2D eigenvalue weighted by molar-refractivity contribution is 0.301. The van der Waals surface area contributed by atoms with Crippen LogP contribution in [0.1, 0.15) is 0 Å². The Hall–Kier alpha value is -0.390. The molecule has 0 saturated heterocycles. The number of hydrogen-bond donors (Lipinski definition) is 2. The van der Waals surface area contributed by atoms with Gasteiger partial charge in [-0.25, -0.2) is 13.1 Å². The normalized spacial score (nSPS) is 11.3. The fraction of sp³-hybridized carbons (Fsp3) is 0.600. The van der Waals surface area contributed by atoms with Gasteiger partial charge in [-0.3, -0.25) is 0 Å². The maximum Gasteiger partial charge on any atom is 0.215 e. The highest BCUT2D eigenvalue weighted by Crippen LogP contribution is 1.81. The monoisotopic (exact) mass is 165 g/mol.